The van der Waals surface area contributed by atoms with Gasteiger partial charge in [0.2, 0.25) is 0 Å². The summed E-state index contributed by atoms with van der Waals surface area (Å²) in [6, 6.07) is 15.1. The van der Waals surface area contributed by atoms with E-state index in [9.17, 15) is 14.9 Å². The molecule has 0 bridgehead atoms. The van der Waals surface area contributed by atoms with Crippen molar-refractivity contribution < 1.29 is 4.79 Å². The van der Waals surface area contributed by atoms with Crippen molar-refractivity contribution in [1.29, 1.82) is 5.26 Å². The van der Waals surface area contributed by atoms with Crippen molar-refractivity contribution in [1.82, 2.24) is 14.5 Å². The lowest BCUT2D eigenvalue weighted by Gasteiger charge is -2.15. The molecule has 6 nitrogen and oxygen atoms in total. The van der Waals surface area contributed by atoms with Crippen molar-refractivity contribution >= 4 is 39.8 Å². The molecule has 0 aliphatic heterocycles. The van der Waals surface area contributed by atoms with Crippen LogP contribution in [-0.2, 0) is 4.79 Å². The summed E-state index contributed by atoms with van der Waals surface area (Å²) in [6.45, 7) is 5.77. The monoisotopic (exact) mass is 460 g/mol. The second kappa shape index (κ2) is 9.07. The molecular weight excluding hydrogens is 440 g/mol. The Bertz CT molecular complexity index is 1430. The van der Waals surface area contributed by atoms with Crippen molar-refractivity contribution in [3.8, 4) is 11.8 Å². The molecule has 0 aliphatic rings. The highest BCUT2D eigenvalue weighted by Gasteiger charge is 2.24. The van der Waals surface area contributed by atoms with E-state index in [0.29, 0.717) is 21.1 Å². The van der Waals surface area contributed by atoms with Crippen LogP contribution < -0.4 is 5.56 Å². The van der Waals surface area contributed by atoms with Gasteiger partial charge in [-0.15, -0.1) is 11.3 Å². The van der Waals surface area contributed by atoms with Gasteiger partial charge in [0.25, 0.3) is 5.56 Å². The third-order valence-corrected chi connectivity index (χ3v) is 7.00. The van der Waals surface area contributed by atoms with Gasteiger partial charge in [0.15, 0.2) is 16.9 Å². The summed E-state index contributed by atoms with van der Waals surface area (Å²) in [7, 11) is 0. The molecule has 4 aromatic rings. The number of nitrogens with zero attached hydrogens (tertiary/aromatic N) is 4. The van der Waals surface area contributed by atoms with E-state index in [2.05, 4.69) is 16.0 Å². The first kappa shape index (κ1) is 21.9. The van der Waals surface area contributed by atoms with Gasteiger partial charge < -0.3 is 0 Å². The normalized spacial score (nSPS) is 11.9. The number of Topliss-reactive ketones (excluding diaryl/α,β-unsaturated/α-hetero) is 1. The lowest BCUT2D eigenvalue weighted by molar-refractivity contribution is -0.116. The topological polar surface area (TPSA) is 88.6 Å². The molecule has 0 aliphatic carbocycles. The van der Waals surface area contributed by atoms with E-state index in [1.807, 2.05) is 56.5 Å². The molecule has 8 heteroatoms. The van der Waals surface area contributed by atoms with Gasteiger partial charge in [0, 0.05) is 11.1 Å². The first-order chi connectivity index (χ1) is 15.4. The van der Waals surface area contributed by atoms with E-state index in [4.69, 9.17) is 0 Å². The molecule has 1 atom stereocenters. The van der Waals surface area contributed by atoms with Gasteiger partial charge in [-0.2, -0.15) is 5.26 Å². The molecule has 1 unspecified atom stereocenters. The number of thioether (sulfide) groups is 1. The van der Waals surface area contributed by atoms with Gasteiger partial charge in [-0.25, -0.2) is 9.97 Å². The quantitative estimate of drug-likeness (QED) is 0.305. The minimum atomic E-state index is -0.928. The summed E-state index contributed by atoms with van der Waals surface area (Å²) in [5.41, 5.74) is 3.91. The lowest BCUT2D eigenvalue weighted by atomic mass is 10.1. The summed E-state index contributed by atoms with van der Waals surface area (Å²) in [6.07, 6.45) is 0. The zero-order valence-electron chi connectivity index (χ0n) is 17.8. The minimum Gasteiger partial charge on any atom is -0.297 e. The molecule has 0 fully saturated rings. The molecule has 32 heavy (non-hydrogen) atoms. The van der Waals surface area contributed by atoms with Crippen molar-refractivity contribution in [2.24, 2.45) is 0 Å². The van der Waals surface area contributed by atoms with Crippen LogP contribution in [-0.4, -0.2) is 26.1 Å². The Labute approximate surface area is 193 Å². The average molecular weight is 461 g/mol. The number of fused-ring (bicyclic) bond motifs is 1. The van der Waals surface area contributed by atoms with Crippen LogP contribution >= 0.6 is 23.1 Å². The number of para-hydroxylation sites is 1. The predicted octanol–water partition coefficient (Wildman–Crippen LogP) is 4.74. The SMILES string of the molecule is Cc1ccc(-n2c(SCC(=O)C(C#N)c3nc(C)cs3)nc3ccccc3c2=O)c(C)c1. The third-order valence-electron chi connectivity index (χ3n) is 5.02. The molecule has 0 radical (unpaired) electrons. The van der Waals surface area contributed by atoms with Crippen LogP contribution in [0, 0.1) is 32.1 Å². The molecule has 2 aromatic carbocycles. The fraction of sp³-hybridized carbons (Fsp3) is 0.208. The number of aromatic nitrogens is 3. The van der Waals surface area contributed by atoms with Gasteiger partial charge in [0.1, 0.15) is 5.01 Å². The van der Waals surface area contributed by atoms with Gasteiger partial charge >= 0.3 is 0 Å². The maximum absolute atomic E-state index is 13.4. The Morgan fingerprint density at radius 3 is 2.66 bits per heavy atom. The maximum atomic E-state index is 13.4. The van der Waals surface area contributed by atoms with Gasteiger partial charge in [-0.1, -0.05) is 41.6 Å². The summed E-state index contributed by atoms with van der Waals surface area (Å²) in [4.78, 5) is 35.3. The van der Waals surface area contributed by atoms with Crippen LogP contribution in [0.4, 0.5) is 0 Å². The first-order valence-corrected chi connectivity index (χ1v) is 11.8. The lowest BCUT2D eigenvalue weighted by Crippen LogP contribution is -2.23. The van der Waals surface area contributed by atoms with Gasteiger partial charge in [-0.3, -0.25) is 14.2 Å². The fourth-order valence-corrected chi connectivity index (χ4v) is 5.24. The zero-order chi connectivity index (χ0) is 22.8. The highest BCUT2D eigenvalue weighted by Crippen LogP contribution is 2.27. The van der Waals surface area contributed by atoms with Crippen molar-refractivity contribution in [2.75, 3.05) is 5.75 Å². The molecule has 0 amide bonds. The van der Waals surface area contributed by atoms with E-state index in [0.717, 1.165) is 22.5 Å². The predicted molar refractivity (Wildman–Crippen MR) is 128 cm³/mol. The fourth-order valence-electron chi connectivity index (χ4n) is 3.47. The highest BCUT2D eigenvalue weighted by molar-refractivity contribution is 7.99. The molecule has 0 N–H and O–H groups in total. The van der Waals surface area contributed by atoms with Crippen molar-refractivity contribution in [3.63, 3.8) is 0 Å². The maximum Gasteiger partial charge on any atom is 0.266 e. The minimum absolute atomic E-state index is 0.00649. The number of benzene rings is 2. The van der Waals surface area contributed by atoms with Crippen molar-refractivity contribution in [3.05, 3.63) is 80.0 Å². The number of carbonyl (C=O) groups is 1. The number of thiazole rings is 1. The molecule has 160 valence electrons. The summed E-state index contributed by atoms with van der Waals surface area (Å²) < 4.78 is 1.56. The number of rotatable bonds is 6. The smallest absolute Gasteiger partial charge is 0.266 e. The Hall–Kier alpha value is -3.28. The molecule has 2 heterocycles. The Morgan fingerprint density at radius 1 is 1.19 bits per heavy atom. The molecule has 0 spiro atoms. The van der Waals surface area contributed by atoms with Gasteiger partial charge in [0.05, 0.1) is 28.4 Å². The summed E-state index contributed by atoms with van der Waals surface area (Å²) >= 11 is 2.47. The summed E-state index contributed by atoms with van der Waals surface area (Å²) in [5, 5.41) is 12.8. The number of aryl methyl sites for hydroxylation is 3. The zero-order valence-corrected chi connectivity index (χ0v) is 19.5. The van der Waals surface area contributed by atoms with E-state index in [1.165, 1.54) is 23.1 Å². The second-order valence-electron chi connectivity index (χ2n) is 7.49. The van der Waals surface area contributed by atoms with E-state index in [1.54, 1.807) is 16.7 Å². The average Bonchev–Trinajstić information content (AvgIpc) is 3.19. The standard InChI is InChI=1S/C24H20N4O2S2/c1-14-8-9-20(15(2)10-14)28-23(30)17-6-4-5-7-19(17)27-24(28)32-13-21(29)18(11-25)22-26-16(3)12-31-22/h4-10,12,18H,13H2,1-3H3. The number of nitriles is 1. The molecule has 4 rings (SSSR count). The summed E-state index contributed by atoms with van der Waals surface area (Å²) in [5.74, 6) is -1.18. The van der Waals surface area contributed by atoms with Crippen molar-refractivity contribution in [2.45, 2.75) is 31.8 Å². The number of ketones is 1. The molecular formula is C24H20N4O2S2. The first-order valence-electron chi connectivity index (χ1n) is 9.95. The van der Waals surface area contributed by atoms with Gasteiger partial charge in [-0.05, 0) is 44.5 Å². The number of carbonyl (C=O) groups excluding carboxylic acids is 1. The second-order valence-corrected chi connectivity index (χ2v) is 9.32. The van der Waals surface area contributed by atoms with Crippen LogP contribution in [0.25, 0.3) is 16.6 Å². The number of hydrogen-bond donors (Lipinski definition) is 0. The third kappa shape index (κ3) is 4.22. The van der Waals surface area contributed by atoms with Crippen LogP contribution in [0.2, 0.25) is 0 Å². The van der Waals surface area contributed by atoms with E-state index >= 15 is 0 Å². The highest BCUT2D eigenvalue weighted by atomic mass is 32.2. The Balaban J connectivity index is 1.75. The number of hydrogen-bond acceptors (Lipinski definition) is 7. The van der Waals surface area contributed by atoms with Crippen LogP contribution in [0.3, 0.4) is 0 Å². The largest absolute Gasteiger partial charge is 0.297 e. The molecule has 2 aromatic heterocycles. The molecule has 0 saturated carbocycles. The van der Waals surface area contributed by atoms with Crippen LogP contribution in [0.15, 0.2) is 57.8 Å². The molecule has 0 saturated heterocycles. The van der Waals surface area contributed by atoms with Crippen LogP contribution in [0.1, 0.15) is 27.7 Å². The Kier molecular flexibility index (Phi) is 6.21. The van der Waals surface area contributed by atoms with E-state index in [-0.39, 0.29) is 17.1 Å². The Morgan fingerprint density at radius 2 is 1.97 bits per heavy atom. The van der Waals surface area contributed by atoms with Crippen LogP contribution in [0.5, 0.6) is 0 Å². The van der Waals surface area contributed by atoms with E-state index < -0.39 is 5.92 Å².